The van der Waals surface area contributed by atoms with Crippen LogP contribution in [0.25, 0.3) is 0 Å². The zero-order valence-corrected chi connectivity index (χ0v) is 13.1. The van der Waals surface area contributed by atoms with Gasteiger partial charge >= 0.3 is 0 Å². The van der Waals surface area contributed by atoms with E-state index in [1.165, 1.54) is 12.4 Å². The van der Waals surface area contributed by atoms with Crippen LogP contribution < -0.4 is 10.1 Å². The van der Waals surface area contributed by atoms with E-state index in [0.29, 0.717) is 23.1 Å². The van der Waals surface area contributed by atoms with Gasteiger partial charge in [-0.25, -0.2) is 0 Å². The van der Waals surface area contributed by atoms with Gasteiger partial charge in [0.05, 0.1) is 17.3 Å². The van der Waals surface area contributed by atoms with Crippen LogP contribution >= 0.6 is 11.6 Å². The highest BCUT2D eigenvalue weighted by Crippen LogP contribution is 2.17. The largest absolute Gasteiger partial charge is 0.484 e. The maximum absolute atomic E-state index is 12.0. The Morgan fingerprint density at radius 3 is 3.13 bits per heavy atom. The standard InChI is InChI=1S/C15H16ClN3O4/c16-10-4-12(7-17-6-10)22-9-13-5-14(19-23-13)15(20)18-8-11-2-1-3-21-11/h4-7,11H,1-3,8-9H2,(H,18,20)/t11-/m0/s1. The average molecular weight is 338 g/mol. The lowest BCUT2D eigenvalue weighted by molar-refractivity contribution is 0.0850. The molecule has 3 heterocycles. The second-order valence-corrected chi connectivity index (χ2v) is 5.59. The topological polar surface area (TPSA) is 86.5 Å². The summed E-state index contributed by atoms with van der Waals surface area (Å²) in [4.78, 5) is 15.9. The molecule has 0 saturated carbocycles. The van der Waals surface area contributed by atoms with Gasteiger partial charge in [0.1, 0.15) is 12.4 Å². The number of halogens is 1. The van der Waals surface area contributed by atoms with Gasteiger partial charge < -0.3 is 19.3 Å². The Kier molecular flexibility index (Phi) is 5.09. The van der Waals surface area contributed by atoms with E-state index in [0.717, 1.165) is 19.4 Å². The van der Waals surface area contributed by atoms with E-state index in [1.54, 1.807) is 12.1 Å². The number of nitrogens with zero attached hydrogens (tertiary/aromatic N) is 2. The number of hydrogen-bond acceptors (Lipinski definition) is 6. The van der Waals surface area contributed by atoms with Crippen molar-refractivity contribution in [3.63, 3.8) is 0 Å². The minimum Gasteiger partial charge on any atom is -0.484 e. The summed E-state index contributed by atoms with van der Waals surface area (Å²) in [5.74, 6) is 0.658. The van der Waals surface area contributed by atoms with Gasteiger partial charge in [0, 0.05) is 31.5 Å². The van der Waals surface area contributed by atoms with Crippen LogP contribution in [0, 0.1) is 0 Å². The lowest BCUT2D eigenvalue weighted by Gasteiger charge is -2.09. The quantitative estimate of drug-likeness (QED) is 0.869. The van der Waals surface area contributed by atoms with Crippen LogP contribution in [0.15, 0.2) is 29.0 Å². The first-order valence-corrected chi connectivity index (χ1v) is 7.67. The molecule has 7 nitrogen and oxygen atoms in total. The second-order valence-electron chi connectivity index (χ2n) is 5.15. The predicted molar refractivity (Wildman–Crippen MR) is 81.4 cm³/mol. The molecule has 0 aromatic carbocycles. The first-order valence-electron chi connectivity index (χ1n) is 7.29. The third kappa shape index (κ3) is 4.43. The smallest absolute Gasteiger partial charge is 0.273 e. The summed E-state index contributed by atoms with van der Waals surface area (Å²) in [6, 6.07) is 3.18. The first-order chi connectivity index (χ1) is 11.2. The number of ether oxygens (including phenoxy) is 2. The number of hydrogen-bond donors (Lipinski definition) is 1. The zero-order chi connectivity index (χ0) is 16.1. The fraction of sp³-hybridized carbons (Fsp3) is 0.400. The molecule has 0 unspecified atom stereocenters. The molecule has 1 aliphatic rings. The SMILES string of the molecule is O=C(NC[C@@H]1CCCO1)c1cc(COc2cncc(Cl)c2)on1. The summed E-state index contributed by atoms with van der Waals surface area (Å²) in [5.41, 5.74) is 0.214. The van der Waals surface area contributed by atoms with Gasteiger partial charge in [-0.15, -0.1) is 0 Å². The van der Waals surface area contributed by atoms with Gasteiger partial charge in [0.15, 0.2) is 11.5 Å². The summed E-state index contributed by atoms with van der Waals surface area (Å²) >= 11 is 5.82. The predicted octanol–water partition coefficient (Wildman–Crippen LogP) is 2.21. The van der Waals surface area contributed by atoms with Crippen LogP contribution in [0.3, 0.4) is 0 Å². The molecule has 8 heteroatoms. The molecule has 0 bridgehead atoms. The third-order valence-corrected chi connectivity index (χ3v) is 3.57. The Labute approximate surface area is 137 Å². The molecule has 0 radical (unpaired) electrons. The Morgan fingerprint density at radius 2 is 2.35 bits per heavy atom. The fourth-order valence-corrected chi connectivity index (χ4v) is 2.38. The maximum atomic E-state index is 12.0. The number of carbonyl (C=O) groups is 1. The van der Waals surface area contributed by atoms with E-state index < -0.39 is 0 Å². The highest BCUT2D eigenvalue weighted by molar-refractivity contribution is 6.30. The Hall–Kier alpha value is -2.12. The highest BCUT2D eigenvalue weighted by atomic mass is 35.5. The van der Waals surface area contributed by atoms with E-state index in [9.17, 15) is 4.79 Å². The number of nitrogens with one attached hydrogen (secondary N) is 1. The van der Waals surface area contributed by atoms with E-state index in [2.05, 4.69) is 15.5 Å². The number of rotatable bonds is 6. The molecule has 1 aliphatic heterocycles. The number of aromatic nitrogens is 2. The molecule has 23 heavy (non-hydrogen) atoms. The second kappa shape index (κ2) is 7.43. The van der Waals surface area contributed by atoms with E-state index in [4.69, 9.17) is 25.6 Å². The minimum atomic E-state index is -0.292. The van der Waals surface area contributed by atoms with E-state index >= 15 is 0 Å². The van der Waals surface area contributed by atoms with Crippen molar-refractivity contribution in [1.29, 1.82) is 0 Å². The van der Waals surface area contributed by atoms with Gasteiger partial charge in [0.2, 0.25) is 0 Å². The maximum Gasteiger partial charge on any atom is 0.273 e. The summed E-state index contributed by atoms with van der Waals surface area (Å²) in [5, 5.41) is 7.00. The molecule has 0 spiro atoms. The van der Waals surface area contributed by atoms with Crippen molar-refractivity contribution < 1.29 is 18.8 Å². The molecule has 1 fully saturated rings. The molecular formula is C15H16ClN3O4. The molecule has 2 aromatic rings. The molecule has 1 saturated heterocycles. The van der Waals surface area contributed by atoms with Crippen molar-refractivity contribution in [3.8, 4) is 5.75 Å². The van der Waals surface area contributed by atoms with Gasteiger partial charge in [-0.05, 0) is 12.8 Å². The van der Waals surface area contributed by atoms with Crippen LogP contribution in [0.4, 0.5) is 0 Å². The Morgan fingerprint density at radius 1 is 1.43 bits per heavy atom. The van der Waals surface area contributed by atoms with Crippen molar-refractivity contribution in [1.82, 2.24) is 15.5 Å². The summed E-state index contributed by atoms with van der Waals surface area (Å²) in [6.07, 6.45) is 5.14. The molecule has 1 N–H and O–H groups in total. The molecule has 1 atom stereocenters. The highest BCUT2D eigenvalue weighted by Gasteiger charge is 2.18. The van der Waals surface area contributed by atoms with Gasteiger partial charge in [0.25, 0.3) is 5.91 Å². The van der Waals surface area contributed by atoms with Crippen LogP contribution in [-0.2, 0) is 11.3 Å². The number of carbonyl (C=O) groups excluding carboxylic acids is 1. The monoisotopic (exact) mass is 337 g/mol. The number of pyridine rings is 1. The van der Waals surface area contributed by atoms with Gasteiger partial charge in [-0.1, -0.05) is 16.8 Å². The summed E-state index contributed by atoms with van der Waals surface area (Å²) in [7, 11) is 0. The molecule has 122 valence electrons. The third-order valence-electron chi connectivity index (χ3n) is 3.37. The van der Waals surface area contributed by atoms with Gasteiger partial charge in [-0.2, -0.15) is 0 Å². The summed E-state index contributed by atoms with van der Waals surface area (Å²) < 4.78 is 16.0. The van der Waals surface area contributed by atoms with Gasteiger partial charge in [-0.3, -0.25) is 9.78 Å². The molecule has 3 rings (SSSR count). The normalized spacial score (nSPS) is 17.2. The van der Waals surface area contributed by atoms with E-state index in [1.807, 2.05) is 0 Å². The summed E-state index contributed by atoms with van der Waals surface area (Å²) in [6.45, 7) is 1.37. The lowest BCUT2D eigenvalue weighted by Crippen LogP contribution is -2.31. The van der Waals surface area contributed by atoms with Crippen LogP contribution in [0.5, 0.6) is 5.75 Å². The average Bonchev–Trinajstić information content (AvgIpc) is 3.22. The molecule has 0 aliphatic carbocycles. The van der Waals surface area contributed by atoms with E-state index in [-0.39, 0.29) is 24.3 Å². The molecule has 2 aromatic heterocycles. The number of amides is 1. The van der Waals surface area contributed by atoms with Crippen molar-refractivity contribution in [2.45, 2.75) is 25.6 Å². The van der Waals surface area contributed by atoms with Crippen molar-refractivity contribution in [3.05, 3.63) is 41.0 Å². The van der Waals surface area contributed by atoms with Crippen LogP contribution in [0.2, 0.25) is 5.02 Å². The molecule has 1 amide bonds. The fourth-order valence-electron chi connectivity index (χ4n) is 2.22. The first kappa shape index (κ1) is 15.8. The Bertz CT molecular complexity index is 670. The van der Waals surface area contributed by atoms with Crippen LogP contribution in [-0.4, -0.2) is 35.3 Å². The van der Waals surface area contributed by atoms with Crippen molar-refractivity contribution >= 4 is 17.5 Å². The van der Waals surface area contributed by atoms with Crippen molar-refractivity contribution in [2.75, 3.05) is 13.2 Å². The Balaban J connectivity index is 1.49. The van der Waals surface area contributed by atoms with Crippen LogP contribution in [0.1, 0.15) is 29.1 Å². The molecular weight excluding hydrogens is 322 g/mol. The zero-order valence-electron chi connectivity index (χ0n) is 12.3. The van der Waals surface area contributed by atoms with Crippen molar-refractivity contribution in [2.24, 2.45) is 0 Å². The minimum absolute atomic E-state index is 0.0870. The lowest BCUT2D eigenvalue weighted by atomic mass is 10.2.